The molecular formula is C14H22O5S. The maximum Gasteiger partial charge on any atom is 0.294 e. The third-order valence-electron chi connectivity index (χ3n) is 2.72. The van der Waals surface area contributed by atoms with E-state index in [-0.39, 0.29) is 4.90 Å². The zero-order valence-electron chi connectivity index (χ0n) is 12.0. The van der Waals surface area contributed by atoms with Gasteiger partial charge in [-0.05, 0) is 25.0 Å². The lowest BCUT2D eigenvalue weighted by Gasteiger charge is -2.13. The molecule has 0 atom stereocenters. The van der Waals surface area contributed by atoms with E-state index >= 15 is 0 Å². The molecule has 0 heterocycles. The summed E-state index contributed by atoms with van der Waals surface area (Å²) in [5.41, 5.74) is 0. The van der Waals surface area contributed by atoms with Crippen LogP contribution in [0, 0.1) is 0 Å². The highest BCUT2D eigenvalue weighted by Gasteiger charge is 2.14. The van der Waals surface area contributed by atoms with E-state index in [9.17, 15) is 8.42 Å². The third kappa shape index (κ3) is 5.38. The van der Waals surface area contributed by atoms with Gasteiger partial charge in [-0.1, -0.05) is 26.7 Å². The molecule has 1 rings (SSSR count). The first-order chi connectivity index (χ1) is 9.49. The molecule has 0 bridgehead atoms. The minimum atomic E-state index is -4.23. The molecule has 0 radical (unpaired) electrons. The van der Waals surface area contributed by atoms with E-state index in [0.29, 0.717) is 24.7 Å². The maximum atomic E-state index is 11.1. The number of hydrogen-bond acceptors (Lipinski definition) is 4. The van der Waals surface area contributed by atoms with E-state index in [0.717, 1.165) is 25.7 Å². The summed E-state index contributed by atoms with van der Waals surface area (Å²) >= 11 is 0. The normalized spacial score (nSPS) is 11.3. The van der Waals surface area contributed by atoms with Gasteiger partial charge in [-0.15, -0.1) is 0 Å². The van der Waals surface area contributed by atoms with Crippen LogP contribution in [0.5, 0.6) is 11.5 Å². The molecule has 1 N–H and O–H groups in total. The summed E-state index contributed by atoms with van der Waals surface area (Å²) in [4.78, 5) is -0.188. The lowest BCUT2D eigenvalue weighted by Crippen LogP contribution is -2.04. The summed E-state index contributed by atoms with van der Waals surface area (Å²) in [7, 11) is -4.23. The molecule has 0 amide bonds. The summed E-state index contributed by atoms with van der Waals surface area (Å²) in [6.45, 7) is 5.13. The molecule has 5 nitrogen and oxygen atoms in total. The van der Waals surface area contributed by atoms with Crippen LogP contribution in [0.4, 0.5) is 0 Å². The lowest BCUT2D eigenvalue weighted by molar-refractivity contribution is 0.261. The lowest BCUT2D eigenvalue weighted by atomic mass is 10.3. The summed E-state index contributed by atoms with van der Waals surface area (Å²) < 4.78 is 42.5. The molecule has 114 valence electrons. The molecule has 0 saturated heterocycles. The molecule has 0 aliphatic rings. The molecule has 0 fully saturated rings. The van der Waals surface area contributed by atoms with Gasteiger partial charge >= 0.3 is 0 Å². The van der Waals surface area contributed by atoms with E-state index < -0.39 is 10.1 Å². The predicted molar refractivity (Wildman–Crippen MR) is 77.1 cm³/mol. The van der Waals surface area contributed by atoms with Crippen LogP contribution in [0.15, 0.2) is 23.1 Å². The second-order valence-corrected chi connectivity index (χ2v) is 5.91. The Hall–Kier alpha value is -1.27. The van der Waals surface area contributed by atoms with E-state index in [1.807, 2.05) is 6.92 Å². The van der Waals surface area contributed by atoms with Crippen LogP contribution in [0.2, 0.25) is 0 Å². The highest BCUT2D eigenvalue weighted by molar-refractivity contribution is 7.85. The van der Waals surface area contributed by atoms with Crippen molar-refractivity contribution in [3.05, 3.63) is 18.2 Å². The first kappa shape index (κ1) is 16.8. The fourth-order valence-corrected chi connectivity index (χ4v) is 2.03. The number of unbranched alkanes of at least 4 members (excludes halogenated alkanes) is 2. The van der Waals surface area contributed by atoms with Gasteiger partial charge in [-0.25, -0.2) is 0 Å². The van der Waals surface area contributed by atoms with Crippen LogP contribution in [-0.4, -0.2) is 26.2 Å². The topological polar surface area (TPSA) is 72.8 Å². The average molecular weight is 302 g/mol. The monoisotopic (exact) mass is 302 g/mol. The Morgan fingerprint density at radius 1 is 1.00 bits per heavy atom. The van der Waals surface area contributed by atoms with Crippen molar-refractivity contribution >= 4 is 10.1 Å². The van der Waals surface area contributed by atoms with Crippen LogP contribution in [0.1, 0.15) is 39.5 Å². The molecule has 0 aromatic heterocycles. The zero-order valence-corrected chi connectivity index (χ0v) is 12.8. The van der Waals surface area contributed by atoms with Gasteiger partial charge in [-0.3, -0.25) is 4.55 Å². The van der Waals surface area contributed by atoms with E-state index in [2.05, 4.69) is 6.92 Å². The molecular weight excluding hydrogens is 280 g/mol. The number of ether oxygens (including phenoxy) is 2. The molecule has 0 aliphatic carbocycles. The second-order valence-electron chi connectivity index (χ2n) is 4.49. The van der Waals surface area contributed by atoms with Gasteiger partial charge in [0.2, 0.25) is 0 Å². The van der Waals surface area contributed by atoms with Gasteiger partial charge in [0.1, 0.15) is 0 Å². The molecule has 0 aliphatic heterocycles. The first-order valence-electron chi connectivity index (χ1n) is 6.86. The largest absolute Gasteiger partial charge is 0.490 e. The Kier molecular flexibility index (Phi) is 6.81. The summed E-state index contributed by atoms with van der Waals surface area (Å²) in [5.74, 6) is 0.853. The van der Waals surface area contributed by atoms with E-state index in [1.165, 1.54) is 18.2 Å². The SMILES string of the molecule is CCCCOc1ccc(S(=O)(=O)O)cc1OCCCC. The van der Waals surface area contributed by atoms with Crippen molar-refractivity contribution in [3.8, 4) is 11.5 Å². The second kappa shape index (κ2) is 8.11. The maximum absolute atomic E-state index is 11.1. The Labute approximate surface area is 120 Å². The van der Waals surface area contributed by atoms with Crippen molar-refractivity contribution in [2.75, 3.05) is 13.2 Å². The van der Waals surface area contributed by atoms with Gasteiger partial charge in [0.25, 0.3) is 10.1 Å². The minimum absolute atomic E-state index is 0.188. The van der Waals surface area contributed by atoms with Crippen LogP contribution in [-0.2, 0) is 10.1 Å². The Balaban J connectivity index is 2.91. The zero-order chi connectivity index (χ0) is 15.0. The highest BCUT2D eigenvalue weighted by Crippen LogP contribution is 2.30. The predicted octanol–water partition coefficient (Wildman–Crippen LogP) is 3.29. The van der Waals surface area contributed by atoms with Gasteiger partial charge < -0.3 is 9.47 Å². The number of hydrogen-bond donors (Lipinski definition) is 1. The van der Waals surface area contributed by atoms with Crippen LogP contribution in [0.25, 0.3) is 0 Å². The van der Waals surface area contributed by atoms with E-state index in [4.69, 9.17) is 14.0 Å². The van der Waals surface area contributed by atoms with Crippen molar-refractivity contribution < 1.29 is 22.4 Å². The smallest absolute Gasteiger partial charge is 0.294 e. The molecule has 20 heavy (non-hydrogen) atoms. The molecule has 0 spiro atoms. The van der Waals surface area contributed by atoms with Crippen molar-refractivity contribution in [1.29, 1.82) is 0 Å². The van der Waals surface area contributed by atoms with Crippen molar-refractivity contribution in [2.24, 2.45) is 0 Å². The van der Waals surface area contributed by atoms with Crippen LogP contribution >= 0.6 is 0 Å². The number of benzene rings is 1. The minimum Gasteiger partial charge on any atom is -0.490 e. The molecule has 1 aromatic carbocycles. The standard InChI is InChI=1S/C14H22O5S/c1-3-5-9-18-13-8-7-12(20(15,16)17)11-14(13)19-10-6-4-2/h7-8,11H,3-6,9-10H2,1-2H3,(H,15,16,17). The molecule has 0 unspecified atom stereocenters. The van der Waals surface area contributed by atoms with Crippen molar-refractivity contribution in [2.45, 2.75) is 44.4 Å². The Morgan fingerprint density at radius 2 is 1.55 bits per heavy atom. The highest BCUT2D eigenvalue weighted by atomic mass is 32.2. The Bertz CT molecular complexity index is 510. The fraction of sp³-hybridized carbons (Fsp3) is 0.571. The quantitative estimate of drug-likeness (QED) is 0.559. The third-order valence-corrected chi connectivity index (χ3v) is 3.57. The van der Waals surface area contributed by atoms with Crippen molar-refractivity contribution in [3.63, 3.8) is 0 Å². The molecule has 6 heteroatoms. The summed E-state index contributed by atoms with van der Waals surface area (Å²) in [6, 6.07) is 4.12. The molecule has 0 saturated carbocycles. The fourth-order valence-electron chi connectivity index (χ4n) is 1.53. The van der Waals surface area contributed by atoms with Gasteiger partial charge in [0.05, 0.1) is 18.1 Å². The van der Waals surface area contributed by atoms with Crippen molar-refractivity contribution in [1.82, 2.24) is 0 Å². The van der Waals surface area contributed by atoms with Gasteiger partial charge in [0.15, 0.2) is 11.5 Å². The van der Waals surface area contributed by atoms with Crippen LogP contribution < -0.4 is 9.47 Å². The van der Waals surface area contributed by atoms with Gasteiger partial charge in [0, 0.05) is 6.07 Å². The van der Waals surface area contributed by atoms with Crippen LogP contribution in [0.3, 0.4) is 0 Å². The average Bonchev–Trinajstić information content (AvgIpc) is 2.39. The van der Waals surface area contributed by atoms with E-state index in [1.54, 1.807) is 0 Å². The number of rotatable bonds is 9. The Morgan fingerprint density at radius 3 is 2.05 bits per heavy atom. The molecule has 1 aromatic rings. The summed E-state index contributed by atoms with van der Waals surface area (Å²) in [5, 5.41) is 0. The van der Waals surface area contributed by atoms with Gasteiger partial charge in [-0.2, -0.15) is 8.42 Å². The first-order valence-corrected chi connectivity index (χ1v) is 8.30. The summed E-state index contributed by atoms with van der Waals surface area (Å²) in [6.07, 6.45) is 3.76.